The molecule has 0 saturated carbocycles. The van der Waals surface area contributed by atoms with Gasteiger partial charge in [0.25, 0.3) is 0 Å². The zero-order valence-electron chi connectivity index (χ0n) is 15.3. The fraction of sp³-hybridized carbons (Fsp3) is 0.524. The van der Waals surface area contributed by atoms with Gasteiger partial charge in [-0.05, 0) is 44.2 Å². The summed E-state index contributed by atoms with van der Waals surface area (Å²) in [7, 11) is 0. The maximum absolute atomic E-state index is 12.5. The number of unbranched alkanes of at least 4 members (excludes halogenated alkanes) is 4. The van der Waals surface area contributed by atoms with Crippen molar-refractivity contribution >= 4 is 5.91 Å². The van der Waals surface area contributed by atoms with Crippen LogP contribution in [0.4, 0.5) is 0 Å². The lowest BCUT2D eigenvalue weighted by Gasteiger charge is -2.05. The molecule has 0 aliphatic carbocycles. The third-order valence-electron chi connectivity index (χ3n) is 4.68. The van der Waals surface area contributed by atoms with Crippen molar-refractivity contribution in [1.82, 2.24) is 9.78 Å². The number of hydrogen-bond acceptors (Lipinski definition) is 2. The largest absolute Gasteiger partial charge is 0.273 e. The standard InChI is InChI=1S/C21H30N2O/c1-4-5-6-7-11-14-20-17(2)22-23(18(20)3)21(24)16-15-19-12-9-8-10-13-19/h8-10,12-13H,4-7,11,14-16H2,1-3H3. The molecule has 24 heavy (non-hydrogen) atoms. The molecule has 0 atom stereocenters. The van der Waals surface area contributed by atoms with Gasteiger partial charge in [0.05, 0.1) is 5.69 Å². The molecule has 0 radical (unpaired) electrons. The molecule has 1 heterocycles. The number of carbonyl (C=O) groups excluding carboxylic acids is 1. The Kier molecular flexibility index (Phi) is 7.23. The molecule has 1 aromatic heterocycles. The summed E-state index contributed by atoms with van der Waals surface area (Å²) in [6.07, 6.45) is 8.64. The van der Waals surface area contributed by atoms with Crippen molar-refractivity contribution in [2.75, 3.05) is 0 Å². The minimum Gasteiger partial charge on any atom is -0.273 e. The highest BCUT2D eigenvalue weighted by Crippen LogP contribution is 2.18. The van der Waals surface area contributed by atoms with Crippen LogP contribution in [0.25, 0.3) is 0 Å². The summed E-state index contributed by atoms with van der Waals surface area (Å²) in [6.45, 7) is 6.29. The van der Waals surface area contributed by atoms with Gasteiger partial charge >= 0.3 is 0 Å². The molecule has 3 nitrogen and oxygen atoms in total. The Morgan fingerprint density at radius 2 is 1.71 bits per heavy atom. The van der Waals surface area contributed by atoms with Gasteiger partial charge in [0.2, 0.25) is 5.91 Å². The predicted octanol–water partition coefficient (Wildman–Crippen LogP) is 5.29. The summed E-state index contributed by atoms with van der Waals surface area (Å²) >= 11 is 0. The highest BCUT2D eigenvalue weighted by atomic mass is 16.2. The van der Waals surface area contributed by atoms with Crippen LogP contribution < -0.4 is 0 Å². The molecule has 0 aliphatic heterocycles. The Morgan fingerprint density at radius 3 is 2.42 bits per heavy atom. The number of aromatic nitrogens is 2. The minimum atomic E-state index is 0.0942. The number of rotatable bonds is 9. The van der Waals surface area contributed by atoms with Gasteiger partial charge in [-0.15, -0.1) is 0 Å². The van der Waals surface area contributed by atoms with E-state index in [0.717, 1.165) is 24.2 Å². The predicted molar refractivity (Wildman–Crippen MR) is 99.6 cm³/mol. The molecule has 0 bridgehead atoms. The van der Waals surface area contributed by atoms with Crippen molar-refractivity contribution in [1.29, 1.82) is 0 Å². The molecule has 2 rings (SSSR count). The second kappa shape index (κ2) is 9.41. The molecule has 0 aliphatic rings. The number of carbonyl (C=O) groups is 1. The lowest BCUT2D eigenvalue weighted by molar-refractivity contribution is 0.0884. The van der Waals surface area contributed by atoms with Gasteiger partial charge in [-0.1, -0.05) is 62.9 Å². The Morgan fingerprint density at radius 1 is 1.00 bits per heavy atom. The zero-order chi connectivity index (χ0) is 17.4. The van der Waals surface area contributed by atoms with Gasteiger partial charge in [0, 0.05) is 12.1 Å². The molecule has 0 spiro atoms. The monoisotopic (exact) mass is 326 g/mol. The van der Waals surface area contributed by atoms with E-state index in [1.165, 1.54) is 43.2 Å². The Balaban J connectivity index is 1.93. The fourth-order valence-corrected chi connectivity index (χ4v) is 3.19. The number of nitrogens with zero attached hydrogens (tertiary/aromatic N) is 2. The van der Waals surface area contributed by atoms with E-state index in [1.807, 2.05) is 32.0 Å². The van der Waals surface area contributed by atoms with Crippen LogP contribution in [0, 0.1) is 13.8 Å². The molecule has 0 fully saturated rings. The van der Waals surface area contributed by atoms with Crippen molar-refractivity contribution in [3.63, 3.8) is 0 Å². The average molecular weight is 326 g/mol. The maximum Gasteiger partial charge on any atom is 0.247 e. The minimum absolute atomic E-state index is 0.0942. The van der Waals surface area contributed by atoms with Gasteiger partial charge in [-0.25, -0.2) is 4.68 Å². The molecule has 2 aromatic rings. The summed E-state index contributed by atoms with van der Waals surface area (Å²) in [5.74, 6) is 0.0942. The molecule has 130 valence electrons. The van der Waals surface area contributed by atoms with Crippen LogP contribution in [0.2, 0.25) is 0 Å². The summed E-state index contributed by atoms with van der Waals surface area (Å²) in [5, 5.41) is 4.50. The van der Waals surface area contributed by atoms with Crippen molar-refractivity contribution in [2.45, 2.75) is 72.1 Å². The Hall–Kier alpha value is -1.90. The summed E-state index contributed by atoms with van der Waals surface area (Å²) in [5.41, 5.74) is 4.50. The van der Waals surface area contributed by atoms with Crippen molar-refractivity contribution in [3.05, 3.63) is 52.8 Å². The zero-order valence-corrected chi connectivity index (χ0v) is 15.3. The van der Waals surface area contributed by atoms with E-state index < -0.39 is 0 Å². The normalized spacial score (nSPS) is 11.0. The Bertz CT molecular complexity index is 643. The van der Waals surface area contributed by atoms with E-state index in [0.29, 0.717) is 6.42 Å². The summed E-state index contributed by atoms with van der Waals surface area (Å²) in [6, 6.07) is 10.2. The molecule has 3 heteroatoms. The van der Waals surface area contributed by atoms with Gasteiger partial charge in [-0.2, -0.15) is 5.10 Å². The van der Waals surface area contributed by atoms with Gasteiger partial charge < -0.3 is 0 Å². The maximum atomic E-state index is 12.5. The van der Waals surface area contributed by atoms with Crippen LogP contribution in [0.1, 0.15) is 72.8 Å². The van der Waals surface area contributed by atoms with Crippen molar-refractivity contribution in [3.8, 4) is 0 Å². The van der Waals surface area contributed by atoms with E-state index in [-0.39, 0.29) is 5.91 Å². The number of hydrogen-bond donors (Lipinski definition) is 0. The lowest BCUT2D eigenvalue weighted by Crippen LogP contribution is -2.15. The highest BCUT2D eigenvalue weighted by Gasteiger charge is 2.16. The van der Waals surface area contributed by atoms with E-state index in [2.05, 4.69) is 24.2 Å². The van der Waals surface area contributed by atoms with Crippen LogP contribution in [0.5, 0.6) is 0 Å². The summed E-state index contributed by atoms with van der Waals surface area (Å²) in [4.78, 5) is 12.5. The van der Waals surface area contributed by atoms with Crippen LogP contribution in [-0.4, -0.2) is 15.7 Å². The van der Waals surface area contributed by atoms with E-state index in [4.69, 9.17) is 0 Å². The first kappa shape index (κ1) is 18.4. The molecular formula is C21H30N2O. The topological polar surface area (TPSA) is 34.9 Å². The lowest BCUT2D eigenvalue weighted by atomic mass is 10.0. The molecule has 1 aromatic carbocycles. The van der Waals surface area contributed by atoms with Crippen LogP contribution in [0.3, 0.4) is 0 Å². The first-order chi connectivity index (χ1) is 11.6. The molecule has 0 N–H and O–H groups in total. The van der Waals surface area contributed by atoms with E-state index in [1.54, 1.807) is 4.68 Å². The third kappa shape index (κ3) is 5.05. The number of aryl methyl sites for hydroxylation is 2. The van der Waals surface area contributed by atoms with E-state index >= 15 is 0 Å². The SMILES string of the molecule is CCCCCCCc1c(C)nn(C(=O)CCc2ccccc2)c1C. The third-order valence-corrected chi connectivity index (χ3v) is 4.68. The molecule has 0 unspecified atom stereocenters. The highest BCUT2D eigenvalue weighted by molar-refractivity contribution is 5.79. The summed E-state index contributed by atoms with van der Waals surface area (Å²) < 4.78 is 1.62. The molecule has 0 amide bonds. The first-order valence-corrected chi connectivity index (χ1v) is 9.25. The average Bonchev–Trinajstić information content (AvgIpc) is 2.88. The second-order valence-electron chi connectivity index (χ2n) is 6.60. The second-order valence-corrected chi connectivity index (χ2v) is 6.60. The van der Waals surface area contributed by atoms with E-state index in [9.17, 15) is 4.79 Å². The van der Waals surface area contributed by atoms with Crippen LogP contribution in [-0.2, 0) is 12.8 Å². The van der Waals surface area contributed by atoms with Gasteiger partial charge in [-0.3, -0.25) is 4.79 Å². The fourth-order valence-electron chi connectivity index (χ4n) is 3.19. The number of benzene rings is 1. The van der Waals surface area contributed by atoms with Gasteiger partial charge in [0.1, 0.15) is 0 Å². The van der Waals surface area contributed by atoms with Crippen LogP contribution >= 0.6 is 0 Å². The molecule has 0 saturated heterocycles. The van der Waals surface area contributed by atoms with Crippen molar-refractivity contribution < 1.29 is 4.79 Å². The molecular weight excluding hydrogens is 296 g/mol. The van der Waals surface area contributed by atoms with Gasteiger partial charge in [0.15, 0.2) is 0 Å². The van der Waals surface area contributed by atoms with Crippen molar-refractivity contribution in [2.24, 2.45) is 0 Å². The Labute approximate surface area is 146 Å². The quantitative estimate of drug-likeness (QED) is 0.587. The first-order valence-electron chi connectivity index (χ1n) is 9.25. The van der Waals surface area contributed by atoms with Crippen LogP contribution in [0.15, 0.2) is 30.3 Å². The smallest absolute Gasteiger partial charge is 0.247 e.